The number of anilines is 1. The van der Waals surface area contributed by atoms with Crippen molar-refractivity contribution in [3.63, 3.8) is 0 Å². The number of carbonyl (C=O) groups excluding carboxylic acids is 1. The summed E-state index contributed by atoms with van der Waals surface area (Å²) in [5, 5.41) is 6.03. The third-order valence-electron chi connectivity index (χ3n) is 3.83. The molecule has 1 fully saturated rings. The third-order valence-corrected chi connectivity index (χ3v) is 3.83. The molecular weight excluding hydrogens is 343 g/mol. The second-order valence-corrected chi connectivity index (χ2v) is 6.07. The summed E-state index contributed by atoms with van der Waals surface area (Å²) in [5.41, 5.74) is 1.64. The van der Waals surface area contributed by atoms with E-state index in [4.69, 9.17) is 4.74 Å². The lowest BCUT2D eigenvalue weighted by Gasteiger charge is -2.09. The molecule has 0 spiro atoms. The molecule has 0 atom stereocenters. The fourth-order valence-corrected chi connectivity index (χ4v) is 2.38. The summed E-state index contributed by atoms with van der Waals surface area (Å²) >= 11 is 0. The molecular formula is C19H22ClFN2O2. The average Bonchev–Trinajstić information content (AvgIpc) is 3.38. The van der Waals surface area contributed by atoms with Gasteiger partial charge in [-0.25, -0.2) is 4.39 Å². The largest absolute Gasteiger partial charge is 0.489 e. The van der Waals surface area contributed by atoms with Crippen molar-refractivity contribution in [2.45, 2.75) is 19.4 Å². The zero-order valence-electron chi connectivity index (χ0n) is 13.8. The molecule has 4 nitrogen and oxygen atoms in total. The molecule has 2 N–H and O–H groups in total. The predicted molar refractivity (Wildman–Crippen MR) is 98.6 cm³/mol. The van der Waals surface area contributed by atoms with Gasteiger partial charge in [-0.15, -0.1) is 12.4 Å². The highest BCUT2D eigenvalue weighted by atomic mass is 35.5. The van der Waals surface area contributed by atoms with Crippen LogP contribution in [0.3, 0.4) is 0 Å². The van der Waals surface area contributed by atoms with Gasteiger partial charge in [0.25, 0.3) is 0 Å². The number of ether oxygens (including phenoxy) is 1. The molecule has 1 aliphatic carbocycles. The Morgan fingerprint density at radius 1 is 1.16 bits per heavy atom. The van der Waals surface area contributed by atoms with Crippen LogP contribution in [0.25, 0.3) is 0 Å². The molecule has 134 valence electrons. The Morgan fingerprint density at radius 3 is 2.72 bits per heavy atom. The van der Waals surface area contributed by atoms with Gasteiger partial charge in [0, 0.05) is 11.8 Å². The lowest BCUT2D eigenvalue weighted by Crippen LogP contribution is -2.29. The Balaban J connectivity index is 0.00000225. The lowest BCUT2D eigenvalue weighted by atomic mass is 10.2. The van der Waals surface area contributed by atoms with Gasteiger partial charge in [0.1, 0.15) is 18.2 Å². The molecule has 1 aliphatic rings. The second kappa shape index (κ2) is 9.39. The summed E-state index contributed by atoms with van der Waals surface area (Å²) in [5.74, 6) is 0.848. The molecule has 6 heteroatoms. The summed E-state index contributed by atoms with van der Waals surface area (Å²) in [4.78, 5) is 11.9. The number of hydrogen-bond donors (Lipinski definition) is 2. The molecule has 1 saturated carbocycles. The van der Waals surface area contributed by atoms with Crippen LogP contribution in [0.15, 0.2) is 48.5 Å². The first-order valence-electron chi connectivity index (χ1n) is 8.17. The van der Waals surface area contributed by atoms with Gasteiger partial charge >= 0.3 is 0 Å². The molecule has 0 unspecified atom stereocenters. The highest BCUT2D eigenvalue weighted by Crippen LogP contribution is 2.27. The molecule has 0 heterocycles. The number of amides is 1. The highest BCUT2D eigenvalue weighted by molar-refractivity contribution is 5.92. The van der Waals surface area contributed by atoms with Gasteiger partial charge in [-0.3, -0.25) is 4.79 Å². The Kier molecular flexibility index (Phi) is 7.22. The average molecular weight is 365 g/mol. The number of nitrogens with one attached hydrogen (secondary N) is 2. The highest BCUT2D eigenvalue weighted by Gasteiger charge is 2.20. The topological polar surface area (TPSA) is 50.4 Å². The van der Waals surface area contributed by atoms with Crippen molar-refractivity contribution in [1.82, 2.24) is 5.32 Å². The van der Waals surface area contributed by atoms with Gasteiger partial charge < -0.3 is 15.4 Å². The van der Waals surface area contributed by atoms with E-state index in [0.717, 1.165) is 23.7 Å². The summed E-state index contributed by atoms with van der Waals surface area (Å²) in [6.45, 7) is 1.54. The molecule has 25 heavy (non-hydrogen) atoms. The van der Waals surface area contributed by atoms with E-state index in [1.807, 2.05) is 24.3 Å². The van der Waals surface area contributed by atoms with Crippen molar-refractivity contribution in [1.29, 1.82) is 0 Å². The monoisotopic (exact) mass is 364 g/mol. The summed E-state index contributed by atoms with van der Waals surface area (Å²) in [6.07, 6.45) is 2.53. The first-order chi connectivity index (χ1) is 11.7. The van der Waals surface area contributed by atoms with E-state index in [-0.39, 0.29) is 24.1 Å². The van der Waals surface area contributed by atoms with Crippen molar-refractivity contribution in [2.75, 3.05) is 18.4 Å². The normalized spacial score (nSPS) is 13.0. The van der Waals surface area contributed by atoms with Crippen molar-refractivity contribution < 1.29 is 13.9 Å². The zero-order valence-corrected chi connectivity index (χ0v) is 14.7. The number of rotatable bonds is 8. The van der Waals surface area contributed by atoms with E-state index >= 15 is 0 Å². The number of benzene rings is 2. The first-order valence-corrected chi connectivity index (χ1v) is 8.17. The quantitative estimate of drug-likeness (QED) is 0.749. The maximum absolute atomic E-state index is 13.1. The van der Waals surface area contributed by atoms with E-state index < -0.39 is 0 Å². The standard InChI is InChI=1S/C19H21FN2O2.ClH/c20-16-4-2-6-18(10-16)24-13-15-3-1-5-17(9-15)22-19(23)12-21-11-14-7-8-14;/h1-6,9-10,14,21H,7-8,11-13H2,(H,22,23);1H. The second-order valence-electron chi connectivity index (χ2n) is 6.07. The molecule has 0 radical (unpaired) electrons. The SMILES string of the molecule is Cl.O=C(CNCC1CC1)Nc1cccc(COc2cccc(F)c2)c1. The van der Waals surface area contributed by atoms with Crippen LogP contribution >= 0.6 is 12.4 Å². The molecule has 0 saturated heterocycles. The summed E-state index contributed by atoms with van der Waals surface area (Å²) in [6, 6.07) is 13.5. The summed E-state index contributed by atoms with van der Waals surface area (Å²) in [7, 11) is 0. The molecule has 0 aromatic heterocycles. The Morgan fingerprint density at radius 2 is 1.96 bits per heavy atom. The van der Waals surface area contributed by atoms with Gasteiger partial charge in [-0.2, -0.15) is 0 Å². The van der Waals surface area contributed by atoms with Crippen molar-refractivity contribution in [3.8, 4) is 5.75 Å². The van der Waals surface area contributed by atoms with Crippen LogP contribution in [-0.2, 0) is 11.4 Å². The van der Waals surface area contributed by atoms with Crippen LogP contribution in [0, 0.1) is 11.7 Å². The number of hydrogen-bond acceptors (Lipinski definition) is 3. The fourth-order valence-electron chi connectivity index (χ4n) is 2.38. The Labute approximate surface area is 153 Å². The smallest absolute Gasteiger partial charge is 0.238 e. The third kappa shape index (κ3) is 6.72. The van der Waals surface area contributed by atoms with E-state index in [1.54, 1.807) is 12.1 Å². The zero-order chi connectivity index (χ0) is 16.8. The maximum Gasteiger partial charge on any atom is 0.238 e. The van der Waals surface area contributed by atoms with E-state index in [9.17, 15) is 9.18 Å². The minimum absolute atomic E-state index is 0. The minimum Gasteiger partial charge on any atom is -0.489 e. The molecule has 2 aromatic rings. The molecule has 0 bridgehead atoms. The van der Waals surface area contributed by atoms with Crippen molar-refractivity contribution >= 4 is 24.0 Å². The van der Waals surface area contributed by atoms with Gasteiger partial charge in [-0.1, -0.05) is 18.2 Å². The molecule has 3 rings (SSSR count). The number of carbonyl (C=O) groups is 1. The first kappa shape index (κ1) is 19.2. The summed E-state index contributed by atoms with van der Waals surface area (Å²) < 4.78 is 18.7. The Bertz CT molecular complexity index is 707. The van der Waals surface area contributed by atoms with Crippen LogP contribution in [0.2, 0.25) is 0 Å². The van der Waals surface area contributed by atoms with Crippen LogP contribution < -0.4 is 15.4 Å². The van der Waals surface area contributed by atoms with Crippen LogP contribution in [0.1, 0.15) is 18.4 Å². The molecule has 2 aromatic carbocycles. The van der Waals surface area contributed by atoms with Crippen LogP contribution in [0.4, 0.5) is 10.1 Å². The van der Waals surface area contributed by atoms with Gasteiger partial charge in [0.05, 0.1) is 6.54 Å². The predicted octanol–water partition coefficient (Wildman–Crippen LogP) is 3.76. The van der Waals surface area contributed by atoms with Crippen LogP contribution in [0.5, 0.6) is 5.75 Å². The van der Waals surface area contributed by atoms with Gasteiger partial charge in [0.15, 0.2) is 0 Å². The fraction of sp³-hybridized carbons (Fsp3) is 0.316. The lowest BCUT2D eigenvalue weighted by molar-refractivity contribution is -0.115. The number of halogens is 2. The van der Waals surface area contributed by atoms with Crippen molar-refractivity contribution in [3.05, 3.63) is 59.9 Å². The van der Waals surface area contributed by atoms with E-state index in [1.165, 1.54) is 25.0 Å². The van der Waals surface area contributed by atoms with E-state index in [2.05, 4.69) is 10.6 Å². The molecule has 1 amide bonds. The van der Waals surface area contributed by atoms with Gasteiger partial charge in [0.2, 0.25) is 5.91 Å². The van der Waals surface area contributed by atoms with Crippen molar-refractivity contribution in [2.24, 2.45) is 5.92 Å². The Hall–Kier alpha value is -2.11. The minimum atomic E-state index is -0.327. The van der Waals surface area contributed by atoms with Crippen LogP contribution in [-0.4, -0.2) is 19.0 Å². The van der Waals surface area contributed by atoms with Gasteiger partial charge in [-0.05, 0) is 55.1 Å². The maximum atomic E-state index is 13.1. The van der Waals surface area contributed by atoms with E-state index in [0.29, 0.717) is 18.9 Å². The molecule has 0 aliphatic heterocycles.